The lowest BCUT2D eigenvalue weighted by Crippen LogP contribution is -2.33. The van der Waals surface area contributed by atoms with Crippen LogP contribution in [0.3, 0.4) is 0 Å². The van der Waals surface area contributed by atoms with Crippen LogP contribution >= 0.6 is 35.0 Å². The van der Waals surface area contributed by atoms with Gasteiger partial charge in [-0.1, -0.05) is 11.6 Å². The minimum Gasteiger partial charge on any atom is -0.308 e. The lowest BCUT2D eigenvalue weighted by Gasteiger charge is -2.20. The predicted molar refractivity (Wildman–Crippen MR) is 92.6 cm³/mol. The van der Waals surface area contributed by atoms with E-state index in [4.69, 9.17) is 23.2 Å². The van der Waals surface area contributed by atoms with Crippen molar-refractivity contribution in [2.75, 3.05) is 17.2 Å². The summed E-state index contributed by atoms with van der Waals surface area (Å²) in [5.41, 5.74) is 0.933. The number of carbonyl (C=O) groups excluding carboxylic acids is 1. The molecule has 1 unspecified atom stereocenters. The molecule has 0 aliphatic rings. The minimum absolute atomic E-state index is 0.0577. The molecule has 1 atom stereocenters. The second-order valence-electron chi connectivity index (χ2n) is 4.77. The van der Waals surface area contributed by atoms with Gasteiger partial charge in [-0.3, -0.25) is 9.78 Å². The molecule has 0 aromatic carbocycles. The van der Waals surface area contributed by atoms with Crippen molar-refractivity contribution in [2.24, 2.45) is 0 Å². The molecule has 0 bridgehead atoms. The van der Waals surface area contributed by atoms with Crippen molar-refractivity contribution in [3.05, 3.63) is 35.9 Å². The topological polar surface area (TPSA) is 51.0 Å². The fourth-order valence-corrected chi connectivity index (χ4v) is 3.00. The van der Waals surface area contributed by atoms with Crippen LogP contribution in [0.2, 0.25) is 5.15 Å². The summed E-state index contributed by atoms with van der Waals surface area (Å²) in [5, 5.41) is 4.16. The van der Waals surface area contributed by atoms with E-state index in [1.807, 2.05) is 0 Å². The van der Waals surface area contributed by atoms with Crippen LogP contribution in [-0.2, 0) is 4.79 Å². The molecule has 0 fully saturated rings. The molecule has 11 heteroatoms. The van der Waals surface area contributed by atoms with Crippen molar-refractivity contribution in [1.29, 1.82) is 0 Å². The molecule has 2 aromatic heterocycles. The van der Waals surface area contributed by atoms with E-state index in [-0.39, 0.29) is 11.7 Å². The number of hydrogen-bond donors (Lipinski definition) is 0. The number of rotatable bonds is 6. The highest BCUT2D eigenvalue weighted by atomic mass is 35.5. The number of alkyl halides is 4. The number of anilines is 1. The Labute approximate surface area is 156 Å². The Kier molecular flexibility index (Phi) is 6.59. The largest absolute Gasteiger partial charge is 0.414 e. The summed E-state index contributed by atoms with van der Waals surface area (Å²) in [5.74, 6) is -0.981. The number of carbonyl (C=O) groups is 1. The van der Waals surface area contributed by atoms with Gasteiger partial charge in [-0.2, -0.15) is 18.3 Å². The van der Waals surface area contributed by atoms with E-state index in [0.717, 1.165) is 0 Å². The van der Waals surface area contributed by atoms with E-state index in [1.165, 1.54) is 15.8 Å². The minimum atomic E-state index is -4.58. The van der Waals surface area contributed by atoms with E-state index in [1.54, 1.807) is 31.5 Å². The summed E-state index contributed by atoms with van der Waals surface area (Å²) in [6.45, 7) is 1.90. The number of pyridine rings is 1. The van der Waals surface area contributed by atoms with Crippen LogP contribution in [0.1, 0.15) is 6.92 Å². The molecule has 0 N–H and O–H groups in total. The molecular weight excluding hydrogens is 400 g/mol. The zero-order chi connectivity index (χ0) is 18.6. The lowest BCUT2D eigenvalue weighted by atomic mass is 10.4. The molecule has 0 aliphatic carbocycles. The SMILES string of the molecule is CCN(C(=O)CSC(Cl)C(F)(F)F)c1cn(-c2cccnc2)nc1Cl. The molecule has 2 rings (SSSR count). The van der Waals surface area contributed by atoms with Crippen molar-refractivity contribution in [2.45, 2.75) is 17.8 Å². The van der Waals surface area contributed by atoms with Crippen molar-refractivity contribution < 1.29 is 18.0 Å². The van der Waals surface area contributed by atoms with E-state index in [9.17, 15) is 18.0 Å². The average Bonchev–Trinajstić information content (AvgIpc) is 2.95. The molecule has 0 saturated heterocycles. The van der Waals surface area contributed by atoms with Crippen molar-refractivity contribution in [3.8, 4) is 5.69 Å². The van der Waals surface area contributed by atoms with Crippen LogP contribution in [-0.4, -0.2) is 43.9 Å². The van der Waals surface area contributed by atoms with Crippen LogP contribution in [0.4, 0.5) is 18.9 Å². The standard InChI is InChI=1S/C14H13Cl2F3N4OS/c1-2-22(11(24)8-25-13(16)14(17,18)19)10-7-23(21-12(10)15)9-4-3-5-20-6-9/h3-7,13H,2,8H2,1H3. The van der Waals surface area contributed by atoms with E-state index in [0.29, 0.717) is 23.1 Å². The second kappa shape index (κ2) is 8.29. The third kappa shape index (κ3) is 5.02. The molecule has 0 spiro atoms. The molecule has 0 aliphatic heterocycles. The van der Waals surface area contributed by atoms with Gasteiger partial charge < -0.3 is 4.90 Å². The summed E-state index contributed by atoms with van der Waals surface area (Å²) in [7, 11) is 0. The molecular formula is C14H13Cl2F3N4OS. The third-order valence-electron chi connectivity index (χ3n) is 3.08. The number of hydrogen-bond acceptors (Lipinski definition) is 4. The summed E-state index contributed by atoms with van der Waals surface area (Å²) < 4.78 is 36.6. The first kappa shape index (κ1) is 19.9. The quantitative estimate of drug-likeness (QED) is 0.669. The second-order valence-corrected chi connectivity index (χ2v) is 6.91. The Morgan fingerprint density at radius 2 is 2.20 bits per heavy atom. The van der Waals surface area contributed by atoms with Gasteiger partial charge in [0.15, 0.2) is 9.86 Å². The predicted octanol–water partition coefficient (Wildman–Crippen LogP) is 4.13. The number of halogens is 5. The van der Waals surface area contributed by atoms with Crippen LogP contribution < -0.4 is 4.90 Å². The van der Waals surface area contributed by atoms with Gasteiger partial charge in [0.2, 0.25) is 5.91 Å². The monoisotopic (exact) mass is 412 g/mol. The maximum Gasteiger partial charge on any atom is 0.414 e. The van der Waals surface area contributed by atoms with E-state index < -0.39 is 22.5 Å². The fraction of sp³-hybridized carbons (Fsp3) is 0.357. The Morgan fingerprint density at radius 1 is 1.48 bits per heavy atom. The zero-order valence-electron chi connectivity index (χ0n) is 12.9. The summed E-state index contributed by atoms with van der Waals surface area (Å²) in [4.78, 5) is 17.5. The number of amides is 1. The van der Waals surface area contributed by atoms with E-state index in [2.05, 4.69) is 10.1 Å². The highest BCUT2D eigenvalue weighted by Crippen LogP contribution is 2.34. The number of nitrogens with zero attached hydrogens (tertiary/aromatic N) is 4. The maximum atomic E-state index is 12.4. The molecule has 1 amide bonds. The Morgan fingerprint density at radius 3 is 2.76 bits per heavy atom. The van der Waals surface area contributed by atoms with Gasteiger partial charge in [-0.15, -0.1) is 23.4 Å². The van der Waals surface area contributed by atoms with Gasteiger partial charge >= 0.3 is 6.18 Å². The van der Waals surface area contributed by atoms with E-state index >= 15 is 0 Å². The first-order valence-corrected chi connectivity index (χ1v) is 8.88. The van der Waals surface area contributed by atoms with Crippen molar-refractivity contribution >= 4 is 46.6 Å². The molecule has 136 valence electrons. The maximum absolute atomic E-state index is 12.4. The molecule has 0 radical (unpaired) electrons. The molecule has 5 nitrogen and oxygen atoms in total. The summed E-state index contributed by atoms with van der Waals surface area (Å²) >= 11 is 11.6. The van der Waals surface area contributed by atoms with Crippen LogP contribution in [0.5, 0.6) is 0 Å². The number of thioether (sulfide) groups is 1. The van der Waals surface area contributed by atoms with Gasteiger partial charge in [0.25, 0.3) is 0 Å². The third-order valence-corrected chi connectivity index (χ3v) is 4.95. The van der Waals surface area contributed by atoms with Crippen LogP contribution in [0.15, 0.2) is 30.7 Å². The number of aromatic nitrogens is 3. The van der Waals surface area contributed by atoms with Gasteiger partial charge in [-0.05, 0) is 19.1 Å². The first-order valence-electron chi connectivity index (χ1n) is 7.02. The Bertz CT molecular complexity index is 727. The highest BCUT2D eigenvalue weighted by molar-refractivity contribution is 8.01. The Hall–Kier alpha value is -1.45. The van der Waals surface area contributed by atoms with Gasteiger partial charge in [0.05, 0.1) is 23.8 Å². The van der Waals surface area contributed by atoms with Gasteiger partial charge in [0.1, 0.15) is 5.69 Å². The normalized spacial score (nSPS) is 12.9. The lowest BCUT2D eigenvalue weighted by molar-refractivity contribution is -0.116. The molecule has 25 heavy (non-hydrogen) atoms. The zero-order valence-corrected chi connectivity index (χ0v) is 15.2. The smallest absolute Gasteiger partial charge is 0.308 e. The van der Waals surface area contributed by atoms with Crippen LogP contribution in [0.25, 0.3) is 5.69 Å². The van der Waals surface area contributed by atoms with Crippen molar-refractivity contribution in [3.63, 3.8) is 0 Å². The Balaban J connectivity index is 2.15. The summed E-state index contributed by atoms with van der Waals surface area (Å²) in [6.07, 6.45) is 0.0973. The summed E-state index contributed by atoms with van der Waals surface area (Å²) in [6, 6.07) is 3.46. The van der Waals surface area contributed by atoms with Gasteiger partial charge in [-0.25, -0.2) is 4.68 Å². The molecule has 0 saturated carbocycles. The highest BCUT2D eigenvalue weighted by Gasteiger charge is 2.39. The first-order chi connectivity index (χ1) is 11.7. The average molecular weight is 413 g/mol. The van der Waals surface area contributed by atoms with Crippen LogP contribution in [0, 0.1) is 0 Å². The fourth-order valence-electron chi connectivity index (χ4n) is 1.94. The van der Waals surface area contributed by atoms with Gasteiger partial charge in [0, 0.05) is 12.7 Å². The molecule has 2 heterocycles. The van der Waals surface area contributed by atoms with Crippen molar-refractivity contribution in [1.82, 2.24) is 14.8 Å². The molecule has 2 aromatic rings.